The first-order valence-electron chi connectivity index (χ1n) is 5.39. The lowest BCUT2D eigenvalue weighted by molar-refractivity contribution is -0.147. The van der Waals surface area contributed by atoms with Gasteiger partial charge in [-0.1, -0.05) is 30.3 Å². The number of esters is 1. The van der Waals surface area contributed by atoms with E-state index in [9.17, 15) is 9.90 Å². The monoisotopic (exact) mass is 239 g/mol. The van der Waals surface area contributed by atoms with Gasteiger partial charge in [0.1, 0.15) is 12.8 Å². The highest BCUT2D eigenvalue weighted by molar-refractivity contribution is 5.69. The van der Waals surface area contributed by atoms with Crippen molar-refractivity contribution >= 4 is 5.97 Å². The number of carbonyl (C=O) groups excluding carboxylic acids is 1. The van der Waals surface area contributed by atoms with E-state index in [4.69, 9.17) is 15.6 Å². The molecule has 0 heterocycles. The molecule has 17 heavy (non-hydrogen) atoms. The number of benzene rings is 1. The average molecular weight is 239 g/mol. The molecule has 0 aromatic heterocycles. The van der Waals surface area contributed by atoms with Gasteiger partial charge in [-0.3, -0.25) is 4.79 Å². The summed E-state index contributed by atoms with van der Waals surface area (Å²) >= 11 is 0. The van der Waals surface area contributed by atoms with Crippen LogP contribution in [-0.4, -0.2) is 28.5 Å². The van der Waals surface area contributed by atoms with Crippen LogP contribution in [0.4, 0.5) is 0 Å². The molecule has 5 heteroatoms. The first kappa shape index (κ1) is 13.6. The largest absolute Gasteiger partial charge is 0.461 e. The fourth-order valence-corrected chi connectivity index (χ4v) is 1.35. The molecule has 94 valence electrons. The molecule has 0 aliphatic rings. The van der Waals surface area contributed by atoms with Crippen molar-refractivity contribution in [2.75, 3.05) is 0 Å². The Labute approximate surface area is 99.8 Å². The third kappa shape index (κ3) is 6.01. The predicted octanol–water partition coefficient (Wildman–Crippen LogP) is 0.148. The number of ether oxygens (including phenoxy) is 1. The van der Waals surface area contributed by atoms with Gasteiger partial charge in [0, 0.05) is 6.42 Å². The van der Waals surface area contributed by atoms with Gasteiger partial charge >= 0.3 is 5.97 Å². The zero-order chi connectivity index (χ0) is 12.7. The smallest absolute Gasteiger partial charge is 0.308 e. The Morgan fingerprint density at radius 1 is 1.29 bits per heavy atom. The Morgan fingerprint density at radius 3 is 2.53 bits per heavy atom. The summed E-state index contributed by atoms with van der Waals surface area (Å²) in [4.78, 5) is 11.3. The fraction of sp³-hybridized carbons (Fsp3) is 0.417. The van der Waals surface area contributed by atoms with Gasteiger partial charge < -0.3 is 20.7 Å². The zero-order valence-corrected chi connectivity index (χ0v) is 9.45. The van der Waals surface area contributed by atoms with Gasteiger partial charge in [0.15, 0.2) is 0 Å². The normalized spacial score (nSPS) is 14.1. The Morgan fingerprint density at radius 2 is 1.94 bits per heavy atom. The lowest BCUT2D eigenvalue weighted by atomic mass is 10.2. The van der Waals surface area contributed by atoms with Gasteiger partial charge in [-0.15, -0.1) is 0 Å². The molecule has 0 saturated carbocycles. The summed E-state index contributed by atoms with van der Waals surface area (Å²) in [5.41, 5.74) is 5.96. The van der Waals surface area contributed by atoms with E-state index >= 15 is 0 Å². The van der Waals surface area contributed by atoms with Crippen molar-refractivity contribution in [3.63, 3.8) is 0 Å². The molecular formula is C12H17NO4. The molecule has 0 spiro atoms. The van der Waals surface area contributed by atoms with Gasteiger partial charge in [0.05, 0.1) is 12.5 Å². The molecule has 0 saturated heterocycles. The summed E-state index contributed by atoms with van der Waals surface area (Å²) in [5.74, 6) is -0.512. The molecule has 1 unspecified atom stereocenters. The van der Waals surface area contributed by atoms with Crippen molar-refractivity contribution < 1.29 is 19.7 Å². The van der Waals surface area contributed by atoms with E-state index in [1.165, 1.54) is 0 Å². The average Bonchev–Trinajstić information content (AvgIpc) is 2.26. The van der Waals surface area contributed by atoms with Crippen LogP contribution in [0.1, 0.15) is 18.4 Å². The van der Waals surface area contributed by atoms with E-state index in [-0.39, 0.29) is 19.4 Å². The van der Waals surface area contributed by atoms with Crippen LogP contribution in [0.5, 0.6) is 0 Å². The highest BCUT2D eigenvalue weighted by Gasteiger charge is 2.14. The van der Waals surface area contributed by atoms with Crippen molar-refractivity contribution in [3.05, 3.63) is 35.9 Å². The molecule has 1 rings (SSSR count). The maximum absolute atomic E-state index is 11.3. The SMILES string of the molecule is NC(O)C[C@H](O)CC(=O)OCc1ccccc1. The quantitative estimate of drug-likeness (QED) is 0.485. The highest BCUT2D eigenvalue weighted by atomic mass is 16.5. The van der Waals surface area contributed by atoms with Crippen molar-refractivity contribution in [3.8, 4) is 0 Å². The van der Waals surface area contributed by atoms with Crippen molar-refractivity contribution in [2.45, 2.75) is 31.8 Å². The maximum atomic E-state index is 11.3. The predicted molar refractivity (Wildman–Crippen MR) is 61.7 cm³/mol. The van der Waals surface area contributed by atoms with E-state index in [0.29, 0.717) is 0 Å². The van der Waals surface area contributed by atoms with Gasteiger partial charge in [-0.25, -0.2) is 0 Å². The molecular weight excluding hydrogens is 222 g/mol. The summed E-state index contributed by atoms with van der Waals surface area (Å²) in [6.45, 7) is 0.178. The topological polar surface area (TPSA) is 92.8 Å². The van der Waals surface area contributed by atoms with Gasteiger partial charge in [0.2, 0.25) is 0 Å². The minimum Gasteiger partial charge on any atom is -0.461 e. The second-order valence-electron chi connectivity index (χ2n) is 3.81. The highest BCUT2D eigenvalue weighted by Crippen LogP contribution is 2.05. The second kappa shape index (κ2) is 7.01. The summed E-state index contributed by atoms with van der Waals surface area (Å²) in [7, 11) is 0. The molecule has 0 radical (unpaired) electrons. The molecule has 1 aromatic rings. The third-order valence-corrected chi connectivity index (χ3v) is 2.16. The van der Waals surface area contributed by atoms with Gasteiger partial charge in [-0.05, 0) is 5.56 Å². The number of aliphatic hydroxyl groups is 2. The first-order chi connectivity index (χ1) is 8.08. The molecule has 2 atom stereocenters. The molecule has 1 aromatic carbocycles. The number of aliphatic hydroxyl groups excluding tert-OH is 2. The number of rotatable bonds is 6. The lowest BCUT2D eigenvalue weighted by Crippen LogP contribution is -2.27. The van der Waals surface area contributed by atoms with E-state index in [0.717, 1.165) is 5.56 Å². The van der Waals surface area contributed by atoms with Crippen LogP contribution in [0.15, 0.2) is 30.3 Å². The Bertz CT molecular complexity index is 340. The summed E-state index contributed by atoms with van der Waals surface area (Å²) < 4.78 is 4.96. The van der Waals surface area contributed by atoms with Crippen LogP contribution < -0.4 is 5.73 Å². The molecule has 0 amide bonds. The summed E-state index contributed by atoms with van der Waals surface area (Å²) in [6, 6.07) is 9.25. The number of hydrogen-bond acceptors (Lipinski definition) is 5. The van der Waals surface area contributed by atoms with Crippen molar-refractivity contribution in [1.29, 1.82) is 0 Å². The lowest BCUT2D eigenvalue weighted by Gasteiger charge is -2.11. The standard InChI is InChI=1S/C12H17NO4/c13-11(15)6-10(14)7-12(16)17-8-9-4-2-1-3-5-9/h1-5,10-11,14-15H,6-8,13H2/t10-,11?/m0/s1. The minimum absolute atomic E-state index is 0.0412. The van der Waals surface area contributed by atoms with Gasteiger partial charge in [0.25, 0.3) is 0 Å². The first-order valence-corrected chi connectivity index (χ1v) is 5.39. The summed E-state index contributed by atoms with van der Waals surface area (Å²) in [6.07, 6.45) is -2.30. The molecule has 5 nitrogen and oxygen atoms in total. The molecule has 0 aliphatic carbocycles. The Kier molecular flexibility index (Phi) is 5.62. The number of hydrogen-bond donors (Lipinski definition) is 3. The Hall–Kier alpha value is -1.43. The van der Waals surface area contributed by atoms with Crippen LogP contribution in [0.2, 0.25) is 0 Å². The van der Waals surface area contributed by atoms with E-state index < -0.39 is 18.3 Å². The van der Waals surface area contributed by atoms with Gasteiger partial charge in [-0.2, -0.15) is 0 Å². The van der Waals surface area contributed by atoms with Crippen LogP contribution in [-0.2, 0) is 16.1 Å². The second-order valence-corrected chi connectivity index (χ2v) is 3.81. The van der Waals surface area contributed by atoms with E-state index in [1.54, 1.807) is 0 Å². The van der Waals surface area contributed by atoms with Crippen LogP contribution in [0, 0.1) is 0 Å². The van der Waals surface area contributed by atoms with Crippen molar-refractivity contribution in [2.24, 2.45) is 5.73 Å². The van der Waals surface area contributed by atoms with Crippen LogP contribution >= 0.6 is 0 Å². The third-order valence-electron chi connectivity index (χ3n) is 2.16. The number of nitrogens with two attached hydrogens (primary N) is 1. The molecule has 0 bridgehead atoms. The maximum Gasteiger partial charge on any atom is 0.308 e. The minimum atomic E-state index is -1.12. The fourth-order valence-electron chi connectivity index (χ4n) is 1.35. The zero-order valence-electron chi connectivity index (χ0n) is 9.45. The molecule has 0 fully saturated rings. The molecule has 0 aliphatic heterocycles. The number of carbonyl (C=O) groups is 1. The van der Waals surface area contributed by atoms with Crippen LogP contribution in [0.25, 0.3) is 0 Å². The Balaban J connectivity index is 2.26. The van der Waals surface area contributed by atoms with Crippen molar-refractivity contribution in [1.82, 2.24) is 0 Å². The van der Waals surface area contributed by atoms with E-state index in [2.05, 4.69) is 0 Å². The summed E-state index contributed by atoms with van der Waals surface area (Å²) in [5, 5.41) is 18.2. The van der Waals surface area contributed by atoms with E-state index in [1.807, 2.05) is 30.3 Å². The molecule has 4 N–H and O–H groups in total. The van der Waals surface area contributed by atoms with Crippen LogP contribution in [0.3, 0.4) is 0 Å².